The third-order valence-corrected chi connectivity index (χ3v) is 3.13. The first-order valence-electron chi connectivity index (χ1n) is 6.19. The zero-order valence-corrected chi connectivity index (χ0v) is 10.7. The van der Waals surface area contributed by atoms with Crippen LogP contribution >= 0.6 is 0 Å². The molecule has 2 rings (SSSR count). The number of terminal acetylenes is 1. The summed E-state index contributed by atoms with van der Waals surface area (Å²) in [5.41, 5.74) is -0.667. The Bertz CT molecular complexity index is 591. The minimum Gasteiger partial charge on any atom is -0.327 e. The van der Waals surface area contributed by atoms with Crippen molar-refractivity contribution >= 4 is 11.6 Å². The number of rotatable bonds is 5. The van der Waals surface area contributed by atoms with E-state index in [4.69, 9.17) is 6.42 Å². The summed E-state index contributed by atoms with van der Waals surface area (Å²) in [7, 11) is 0. The predicted molar refractivity (Wildman–Crippen MR) is 70.5 cm³/mol. The van der Waals surface area contributed by atoms with Crippen molar-refractivity contribution in [1.82, 2.24) is 4.90 Å². The zero-order valence-electron chi connectivity index (χ0n) is 10.7. The lowest BCUT2D eigenvalue weighted by molar-refractivity contribution is -0.385. The van der Waals surface area contributed by atoms with Crippen molar-refractivity contribution < 1.29 is 14.1 Å². The van der Waals surface area contributed by atoms with Crippen LogP contribution in [-0.2, 0) is 0 Å². The molecule has 0 atom stereocenters. The summed E-state index contributed by atoms with van der Waals surface area (Å²) in [6.45, 7) is 0.571. The van der Waals surface area contributed by atoms with E-state index in [9.17, 15) is 19.3 Å². The zero-order chi connectivity index (χ0) is 14.7. The molecule has 0 unspecified atom stereocenters. The van der Waals surface area contributed by atoms with Gasteiger partial charge in [0.1, 0.15) is 11.4 Å². The Labute approximate surface area is 115 Å². The van der Waals surface area contributed by atoms with Crippen LogP contribution < -0.4 is 0 Å². The smallest absolute Gasteiger partial charge is 0.285 e. The lowest BCUT2D eigenvalue weighted by Crippen LogP contribution is -2.33. The number of hydrogen-bond donors (Lipinski definition) is 0. The number of nitro benzene ring substituents is 1. The van der Waals surface area contributed by atoms with Crippen molar-refractivity contribution in [3.8, 4) is 12.3 Å². The average Bonchev–Trinajstić information content (AvgIpc) is 3.21. The molecule has 0 spiro atoms. The molecule has 0 heterocycles. The van der Waals surface area contributed by atoms with Crippen LogP contribution in [0.25, 0.3) is 0 Å². The van der Waals surface area contributed by atoms with E-state index in [1.54, 1.807) is 0 Å². The first-order chi connectivity index (χ1) is 9.52. The Hall–Kier alpha value is -2.42. The second-order valence-corrected chi connectivity index (χ2v) is 4.75. The summed E-state index contributed by atoms with van der Waals surface area (Å²) in [5.74, 6) is 1.50. The van der Waals surface area contributed by atoms with E-state index in [2.05, 4.69) is 5.92 Å². The maximum atomic E-state index is 13.1. The maximum absolute atomic E-state index is 13.1. The minimum atomic E-state index is -0.762. The van der Waals surface area contributed by atoms with Gasteiger partial charge in [0.05, 0.1) is 17.5 Å². The van der Waals surface area contributed by atoms with Gasteiger partial charge in [0.15, 0.2) is 0 Å². The van der Waals surface area contributed by atoms with Gasteiger partial charge >= 0.3 is 0 Å². The quantitative estimate of drug-likeness (QED) is 0.470. The van der Waals surface area contributed by atoms with Crippen molar-refractivity contribution in [3.05, 3.63) is 39.7 Å². The van der Waals surface area contributed by atoms with Gasteiger partial charge in [0.2, 0.25) is 0 Å². The Kier molecular flexibility index (Phi) is 3.99. The van der Waals surface area contributed by atoms with Gasteiger partial charge in [-0.3, -0.25) is 14.9 Å². The minimum absolute atomic E-state index is 0.0872. The van der Waals surface area contributed by atoms with Crippen molar-refractivity contribution in [3.63, 3.8) is 0 Å². The van der Waals surface area contributed by atoms with Gasteiger partial charge in [-0.05, 0) is 30.9 Å². The molecule has 1 fully saturated rings. The van der Waals surface area contributed by atoms with Crippen LogP contribution in [0.4, 0.5) is 10.1 Å². The first-order valence-corrected chi connectivity index (χ1v) is 6.19. The number of benzene rings is 1. The van der Waals surface area contributed by atoms with Crippen LogP contribution in [0.1, 0.15) is 23.2 Å². The third kappa shape index (κ3) is 3.12. The van der Waals surface area contributed by atoms with Crippen molar-refractivity contribution in [2.75, 3.05) is 13.1 Å². The average molecular weight is 276 g/mol. The van der Waals surface area contributed by atoms with Crippen LogP contribution in [0.5, 0.6) is 0 Å². The first kappa shape index (κ1) is 14.0. The van der Waals surface area contributed by atoms with Crippen molar-refractivity contribution in [1.29, 1.82) is 0 Å². The highest BCUT2D eigenvalue weighted by molar-refractivity contribution is 5.98. The summed E-state index contributed by atoms with van der Waals surface area (Å²) in [5, 5.41) is 10.9. The molecule has 104 valence electrons. The summed E-state index contributed by atoms with van der Waals surface area (Å²) < 4.78 is 13.1. The standard InChI is InChI=1S/C14H13FN2O3/c1-2-7-16(9-10-3-4-10)14(18)12-6-5-11(15)8-13(12)17(19)20/h1,5-6,8,10H,3-4,7,9H2. The van der Waals surface area contributed by atoms with E-state index >= 15 is 0 Å². The van der Waals surface area contributed by atoms with Crippen LogP contribution in [0, 0.1) is 34.2 Å². The molecule has 0 saturated heterocycles. The predicted octanol–water partition coefficient (Wildman–Crippen LogP) is 2.22. The Balaban J connectivity index is 2.30. The molecule has 1 aromatic rings. The van der Waals surface area contributed by atoms with E-state index in [-0.39, 0.29) is 12.1 Å². The Morgan fingerprint density at radius 1 is 1.55 bits per heavy atom. The van der Waals surface area contributed by atoms with Gasteiger partial charge < -0.3 is 4.90 Å². The van der Waals surface area contributed by atoms with Crippen molar-refractivity contribution in [2.45, 2.75) is 12.8 Å². The Morgan fingerprint density at radius 3 is 2.80 bits per heavy atom. The fraction of sp³-hybridized carbons (Fsp3) is 0.357. The number of nitro groups is 1. The van der Waals surface area contributed by atoms with Crippen LogP contribution in [0.15, 0.2) is 18.2 Å². The summed E-state index contributed by atoms with van der Waals surface area (Å²) in [6.07, 6.45) is 7.28. The molecule has 1 aliphatic carbocycles. The van der Waals surface area contributed by atoms with Gasteiger partial charge in [-0.1, -0.05) is 5.92 Å². The van der Waals surface area contributed by atoms with E-state index in [1.165, 1.54) is 4.90 Å². The molecular formula is C14H13FN2O3. The van der Waals surface area contributed by atoms with Crippen LogP contribution in [-0.4, -0.2) is 28.8 Å². The molecular weight excluding hydrogens is 263 g/mol. The number of nitrogens with zero attached hydrogens (tertiary/aromatic N) is 2. The molecule has 0 N–H and O–H groups in total. The molecule has 0 bridgehead atoms. The molecule has 1 aromatic carbocycles. The lowest BCUT2D eigenvalue weighted by atomic mass is 10.1. The number of carbonyl (C=O) groups excluding carboxylic acids is 1. The van der Waals surface area contributed by atoms with E-state index in [0.29, 0.717) is 12.5 Å². The molecule has 6 heteroatoms. The molecule has 1 aliphatic rings. The number of hydrogen-bond acceptors (Lipinski definition) is 3. The normalized spacial score (nSPS) is 13.6. The fourth-order valence-corrected chi connectivity index (χ4v) is 1.95. The maximum Gasteiger partial charge on any atom is 0.285 e. The SMILES string of the molecule is C#CCN(CC1CC1)C(=O)c1ccc(F)cc1[N+](=O)[O-]. The lowest BCUT2D eigenvalue weighted by Gasteiger charge is -2.20. The number of carbonyl (C=O) groups is 1. The van der Waals surface area contributed by atoms with E-state index in [0.717, 1.165) is 31.0 Å². The molecule has 1 saturated carbocycles. The Morgan fingerprint density at radius 2 is 2.25 bits per heavy atom. The second kappa shape index (κ2) is 5.70. The summed E-state index contributed by atoms with van der Waals surface area (Å²) >= 11 is 0. The summed E-state index contributed by atoms with van der Waals surface area (Å²) in [6, 6.07) is 2.91. The van der Waals surface area contributed by atoms with E-state index < -0.39 is 22.3 Å². The van der Waals surface area contributed by atoms with Gasteiger partial charge in [-0.15, -0.1) is 6.42 Å². The van der Waals surface area contributed by atoms with Gasteiger partial charge in [0.25, 0.3) is 11.6 Å². The fourth-order valence-electron chi connectivity index (χ4n) is 1.95. The van der Waals surface area contributed by atoms with Crippen LogP contribution in [0.3, 0.4) is 0 Å². The van der Waals surface area contributed by atoms with Gasteiger partial charge in [0, 0.05) is 6.54 Å². The van der Waals surface area contributed by atoms with Gasteiger partial charge in [-0.25, -0.2) is 4.39 Å². The molecule has 5 nitrogen and oxygen atoms in total. The number of halogens is 1. The topological polar surface area (TPSA) is 63.5 Å². The highest BCUT2D eigenvalue weighted by Gasteiger charge is 2.30. The van der Waals surface area contributed by atoms with Gasteiger partial charge in [-0.2, -0.15) is 0 Å². The highest BCUT2D eigenvalue weighted by atomic mass is 19.1. The highest BCUT2D eigenvalue weighted by Crippen LogP contribution is 2.30. The van der Waals surface area contributed by atoms with Crippen LogP contribution in [0.2, 0.25) is 0 Å². The third-order valence-electron chi connectivity index (χ3n) is 3.13. The monoisotopic (exact) mass is 276 g/mol. The molecule has 20 heavy (non-hydrogen) atoms. The molecule has 0 aromatic heterocycles. The largest absolute Gasteiger partial charge is 0.327 e. The van der Waals surface area contributed by atoms with Crippen molar-refractivity contribution in [2.24, 2.45) is 5.92 Å². The molecule has 1 amide bonds. The number of amides is 1. The molecule has 0 aliphatic heterocycles. The second-order valence-electron chi connectivity index (χ2n) is 4.75. The molecule has 0 radical (unpaired) electrons. The van der Waals surface area contributed by atoms with E-state index in [1.807, 2.05) is 0 Å². The summed E-state index contributed by atoms with van der Waals surface area (Å²) in [4.78, 5) is 23.9.